The van der Waals surface area contributed by atoms with Crippen LogP contribution in [0.25, 0.3) is 0 Å². The van der Waals surface area contributed by atoms with Crippen molar-refractivity contribution in [2.24, 2.45) is 0 Å². The number of aromatic hydroxyl groups is 2. The SMILES string of the molecule is CC#Cc1cc(O)c(C)c(O)c1C=O. The van der Waals surface area contributed by atoms with Gasteiger partial charge in [0.05, 0.1) is 5.56 Å². The van der Waals surface area contributed by atoms with Gasteiger partial charge in [-0.2, -0.15) is 0 Å². The molecule has 0 amide bonds. The molecule has 3 nitrogen and oxygen atoms in total. The molecule has 0 fully saturated rings. The second-order valence-corrected chi connectivity index (χ2v) is 2.82. The normalized spacial score (nSPS) is 9.00. The number of phenolic OH excluding ortho intramolecular Hbond substituents is 2. The maximum absolute atomic E-state index is 10.7. The average molecular weight is 190 g/mol. The van der Waals surface area contributed by atoms with Crippen LogP contribution < -0.4 is 0 Å². The van der Waals surface area contributed by atoms with Crippen molar-refractivity contribution in [1.82, 2.24) is 0 Å². The third kappa shape index (κ3) is 1.55. The van der Waals surface area contributed by atoms with Gasteiger partial charge in [0.2, 0.25) is 0 Å². The fraction of sp³-hybridized carbons (Fsp3) is 0.182. The first-order chi connectivity index (χ1) is 6.61. The minimum Gasteiger partial charge on any atom is -0.507 e. The number of rotatable bonds is 1. The molecule has 14 heavy (non-hydrogen) atoms. The Kier molecular flexibility index (Phi) is 2.78. The highest BCUT2D eigenvalue weighted by Gasteiger charge is 2.12. The van der Waals surface area contributed by atoms with Crippen LogP contribution in [0.3, 0.4) is 0 Å². The molecular formula is C11H10O3. The lowest BCUT2D eigenvalue weighted by Crippen LogP contribution is -1.91. The molecule has 1 rings (SSSR count). The molecule has 0 spiro atoms. The van der Waals surface area contributed by atoms with Crippen molar-refractivity contribution >= 4 is 6.29 Å². The summed E-state index contributed by atoms with van der Waals surface area (Å²) in [4.78, 5) is 10.7. The minimum absolute atomic E-state index is 0.0640. The number of benzene rings is 1. The predicted octanol–water partition coefficient (Wildman–Crippen LogP) is 1.59. The molecule has 0 unspecified atom stereocenters. The Morgan fingerprint density at radius 3 is 2.57 bits per heavy atom. The second kappa shape index (κ2) is 3.84. The Balaban J connectivity index is 3.56. The second-order valence-electron chi connectivity index (χ2n) is 2.82. The summed E-state index contributed by atoms with van der Waals surface area (Å²) in [7, 11) is 0. The Bertz CT molecular complexity index is 436. The number of aldehydes is 1. The molecular weight excluding hydrogens is 180 g/mol. The lowest BCUT2D eigenvalue weighted by Gasteiger charge is -2.06. The van der Waals surface area contributed by atoms with Crippen molar-refractivity contribution in [3.8, 4) is 23.3 Å². The molecule has 1 aromatic carbocycles. The first-order valence-electron chi connectivity index (χ1n) is 4.05. The zero-order valence-electron chi connectivity index (χ0n) is 7.96. The van der Waals surface area contributed by atoms with E-state index in [-0.39, 0.29) is 22.6 Å². The van der Waals surface area contributed by atoms with E-state index in [1.165, 1.54) is 13.0 Å². The van der Waals surface area contributed by atoms with Crippen LogP contribution in [-0.2, 0) is 0 Å². The molecule has 0 heterocycles. The fourth-order valence-corrected chi connectivity index (χ4v) is 1.13. The largest absolute Gasteiger partial charge is 0.507 e. The lowest BCUT2D eigenvalue weighted by atomic mass is 10.0. The van der Waals surface area contributed by atoms with Gasteiger partial charge in [0, 0.05) is 11.1 Å². The van der Waals surface area contributed by atoms with Crippen LogP contribution in [0.1, 0.15) is 28.4 Å². The molecule has 0 aliphatic heterocycles. The number of carbonyl (C=O) groups is 1. The average Bonchev–Trinajstić information content (AvgIpc) is 2.16. The van der Waals surface area contributed by atoms with Gasteiger partial charge < -0.3 is 10.2 Å². The summed E-state index contributed by atoms with van der Waals surface area (Å²) in [6.45, 7) is 3.14. The summed E-state index contributed by atoms with van der Waals surface area (Å²) in [5.74, 6) is 4.96. The maximum Gasteiger partial charge on any atom is 0.155 e. The standard InChI is InChI=1S/C11H10O3/c1-3-4-8-5-10(13)7(2)11(14)9(8)6-12/h5-6,13-14H,1-2H3. The van der Waals surface area contributed by atoms with Gasteiger partial charge >= 0.3 is 0 Å². The van der Waals surface area contributed by atoms with Crippen molar-refractivity contribution in [2.45, 2.75) is 13.8 Å². The quantitative estimate of drug-likeness (QED) is 0.522. The maximum atomic E-state index is 10.7. The van der Waals surface area contributed by atoms with Crippen LogP contribution in [-0.4, -0.2) is 16.5 Å². The van der Waals surface area contributed by atoms with Gasteiger partial charge in [0.15, 0.2) is 6.29 Å². The number of hydrogen-bond acceptors (Lipinski definition) is 3. The first-order valence-corrected chi connectivity index (χ1v) is 4.05. The molecule has 1 aromatic rings. The Morgan fingerprint density at radius 1 is 1.43 bits per heavy atom. The van der Waals surface area contributed by atoms with E-state index >= 15 is 0 Å². The van der Waals surface area contributed by atoms with Crippen LogP contribution in [0.2, 0.25) is 0 Å². The molecule has 3 heteroatoms. The van der Waals surface area contributed by atoms with Gasteiger partial charge in [-0.15, -0.1) is 5.92 Å². The first kappa shape index (κ1) is 10.1. The Labute approximate surface area is 82.0 Å². The van der Waals surface area contributed by atoms with E-state index in [1.807, 2.05) is 0 Å². The topological polar surface area (TPSA) is 57.5 Å². The molecule has 2 N–H and O–H groups in total. The van der Waals surface area contributed by atoms with Crippen molar-refractivity contribution in [3.05, 3.63) is 22.8 Å². The van der Waals surface area contributed by atoms with Crippen molar-refractivity contribution in [2.75, 3.05) is 0 Å². The zero-order valence-corrected chi connectivity index (χ0v) is 7.96. The third-order valence-corrected chi connectivity index (χ3v) is 1.94. The predicted molar refractivity (Wildman–Crippen MR) is 52.4 cm³/mol. The molecule has 0 aromatic heterocycles. The molecule has 0 radical (unpaired) electrons. The summed E-state index contributed by atoms with van der Waals surface area (Å²) in [6.07, 6.45) is 0.529. The molecule has 0 saturated heterocycles. The Morgan fingerprint density at radius 2 is 2.07 bits per heavy atom. The summed E-state index contributed by atoms with van der Waals surface area (Å²) in [5, 5.41) is 18.9. The minimum atomic E-state index is -0.210. The summed E-state index contributed by atoms with van der Waals surface area (Å²) < 4.78 is 0. The van der Waals surface area contributed by atoms with Gasteiger partial charge in [-0.1, -0.05) is 5.92 Å². The zero-order chi connectivity index (χ0) is 10.7. The summed E-state index contributed by atoms with van der Waals surface area (Å²) in [5.41, 5.74) is 0.742. The van der Waals surface area contributed by atoms with E-state index in [2.05, 4.69) is 11.8 Å². The monoisotopic (exact) mass is 190 g/mol. The molecule has 0 atom stereocenters. The highest BCUT2D eigenvalue weighted by atomic mass is 16.3. The number of carbonyl (C=O) groups excluding carboxylic acids is 1. The van der Waals surface area contributed by atoms with Gasteiger partial charge in [0.1, 0.15) is 11.5 Å². The van der Waals surface area contributed by atoms with Crippen molar-refractivity contribution < 1.29 is 15.0 Å². The van der Waals surface area contributed by atoms with Crippen molar-refractivity contribution in [3.63, 3.8) is 0 Å². The molecule has 72 valence electrons. The molecule has 0 aliphatic carbocycles. The van der Waals surface area contributed by atoms with Crippen LogP contribution >= 0.6 is 0 Å². The number of phenols is 2. The fourth-order valence-electron chi connectivity index (χ4n) is 1.13. The highest BCUT2D eigenvalue weighted by molar-refractivity contribution is 5.85. The van der Waals surface area contributed by atoms with Crippen LogP contribution in [0.5, 0.6) is 11.5 Å². The number of hydrogen-bond donors (Lipinski definition) is 2. The smallest absolute Gasteiger partial charge is 0.155 e. The van der Waals surface area contributed by atoms with Gasteiger partial charge in [0.25, 0.3) is 0 Å². The van der Waals surface area contributed by atoms with E-state index in [1.54, 1.807) is 6.92 Å². The highest BCUT2D eigenvalue weighted by Crippen LogP contribution is 2.31. The third-order valence-electron chi connectivity index (χ3n) is 1.94. The van der Waals surface area contributed by atoms with Crippen LogP contribution in [0.4, 0.5) is 0 Å². The van der Waals surface area contributed by atoms with Gasteiger partial charge in [-0.25, -0.2) is 0 Å². The van der Waals surface area contributed by atoms with Crippen LogP contribution in [0, 0.1) is 18.8 Å². The van der Waals surface area contributed by atoms with Gasteiger partial charge in [-0.05, 0) is 19.9 Å². The van der Waals surface area contributed by atoms with E-state index in [0.29, 0.717) is 11.8 Å². The van der Waals surface area contributed by atoms with Crippen LogP contribution in [0.15, 0.2) is 6.07 Å². The van der Waals surface area contributed by atoms with E-state index in [9.17, 15) is 15.0 Å². The van der Waals surface area contributed by atoms with Crippen molar-refractivity contribution in [1.29, 1.82) is 0 Å². The Hall–Kier alpha value is -1.95. The molecule has 0 saturated carbocycles. The van der Waals surface area contributed by atoms with E-state index in [4.69, 9.17) is 0 Å². The van der Waals surface area contributed by atoms with Gasteiger partial charge in [-0.3, -0.25) is 4.79 Å². The summed E-state index contributed by atoms with van der Waals surface area (Å²) >= 11 is 0. The molecule has 0 aliphatic rings. The lowest BCUT2D eigenvalue weighted by molar-refractivity contribution is 0.112. The molecule has 0 bridgehead atoms. The van der Waals surface area contributed by atoms with E-state index in [0.717, 1.165) is 0 Å². The summed E-state index contributed by atoms with van der Waals surface area (Å²) in [6, 6.07) is 1.37. The van der Waals surface area contributed by atoms with E-state index < -0.39 is 0 Å².